The predicted molar refractivity (Wildman–Crippen MR) is 72.7 cm³/mol. The molecule has 0 saturated carbocycles. The van der Waals surface area contributed by atoms with Crippen molar-refractivity contribution in [2.75, 3.05) is 18.1 Å². The lowest BCUT2D eigenvalue weighted by Gasteiger charge is -2.25. The van der Waals surface area contributed by atoms with Crippen molar-refractivity contribution in [1.29, 1.82) is 0 Å². The van der Waals surface area contributed by atoms with Crippen LogP contribution >= 0.6 is 0 Å². The topological polar surface area (TPSA) is 49.2 Å². The van der Waals surface area contributed by atoms with Gasteiger partial charge in [-0.05, 0) is 32.1 Å². The molecule has 1 aromatic heterocycles. The van der Waals surface area contributed by atoms with Gasteiger partial charge in [-0.2, -0.15) is 0 Å². The average molecular weight is 249 g/mol. The van der Waals surface area contributed by atoms with Crippen LogP contribution in [0.25, 0.3) is 0 Å². The van der Waals surface area contributed by atoms with Crippen molar-refractivity contribution in [3.05, 3.63) is 18.1 Å². The van der Waals surface area contributed by atoms with E-state index in [-0.39, 0.29) is 6.61 Å². The smallest absolute Gasteiger partial charge is 0.132 e. The SMILES string of the molecule is CCCc1cc(N2CCCC2CCCO)ncn1. The van der Waals surface area contributed by atoms with Gasteiger partial charge in [-0.1, -0.05) is 13.3 Å². The summed E-state index contributed by atoms with van der Waals surface area (Å²) in [5, 5.41) is 8.95. The molecule has 0 aromatic carbocycles. The molecule has 1 saturated heterocycles. The fourth-order valence-electron chi connectivity index (χ4n) is 2.70. The van der Waals surface area contributed by atoms with Crippen molar-refractivity contribution < 1.29 is 5.11 Å². The van der Waals surface area contributed by atoms with E-state index in [4.69, 9.17) is 5.11 Å². The van der Waals surface area contributed by atoms with Gasteiger partial charge in [0, 0.05) is 31.0 Å². The second-order valence-corrected chi connectivity index (χ2v) is 4.97. The van der Waals surface area contributed by atoms with E-state index in [9.17, 15) is 0 Å². The Hall–Kier alpha value is -1.16. The summed E-state index contributed by atoms with van der Waals surface area (Å²) in [6.07, 6.45) is 8.20. The van der Waals surface area contributed by atoms with Gasteiger partial charge < -0.3 is 10.0 Å². The number of nitrogens with zero attached hydrogens (tertiary/aromatic N) is 3. The third-order valence-electron chi connectivity index (χ3n) is 3.58. The lowest BCUT2D eigenvalue weighted by Crippen LogP contribution is -2.30. The summed E-state index contributed by atoms with van der Waals surface area (Å²) < 4.78 is 0. The summed E-state index contributed by atoms with van der Waals surface area (Å²) >= 11 is 0. The first-order chi connectivity index (χ1) is 8.85. The fraction of sp³-hybridized carbons (Fsp3) is 0.714. The lowest BCUT2D eigenvalue weighted by molar-refractivity contribution is 0.279. The first-order valence-corrected chi connectivity index (χ1v) is 7.03. The van der Waals surface area contributed by atoms with Gasteiger partial charge in [0.1, 0.15) is 12.1 Å². The highest BCUT2D eigenvalue weighted by molar-refractivity contribution is 5.41. The molecule has 0 aliphatic carbocycles. The number of aliphatic hydroxyl groups excluding tert-OH is 1. The number of hydrogen-bond donors (Lipinski definition) is 1. The van der Waals surface area contributed by atoms with Crippen LogP contribution in [-0.4, -0.2) is 34.3 Å². The molecular formula is C14H23N3O. The predicted octanol–water partition coefficient (Wildman–Crippen LogP) is 2.17. The van der Waals surface area contributed by atoms with E-state index in [0.717, 1.165) is 43.7 Å². The Bertz CT molecular complexity index is 370. The maximum absolute atomic E-state index is 8.95. The molecule has 2 heterocycles. The normalized spacial score (nSPS) is 19.4. The molecule has 1 N–H and O–H groups in total. The van der Waals surface area contributed by atoms with Crippen molar-refractivity contribution in [3.8, 4) is 0 Å². The molecule has 4 nitrogen and oxygen atoms in total. The van der Waals surface area contributed by atoms with E-state index in [1.807, 2.05) is 0 Å². The molecule has 2 rings (SSSR count). The highest BCUT2D eigenvalue weighted by Gasteiger charge is 2.25. The number of aliphatic hydroxyl groups is 1. The maximum atomic E-state index is 8.95. The zero-order valence-electron chi connectivity index (χ0n) is 11.2. The number of aryl methyl sites for hydroxylation is 1. The molecule has 1 aliphatic heterocycles. The molecule has 1 atom stereocenters. The second kappa shape index (κ2) is 6.69. The van der Waals surface area contributed by atoms with Crippen molar-refractivity contribution in [2.24, 2.45) is 0 Å². The van der Waals surface area contributed by atoms with Crippen LogP contribution in [0.4, 0.5) is 5.82 Å². The molecule has 1 unspecified atom stereocenters. The Morgan fingerprint density at radius 2 is 2.33 bits per heavy atom. The Labute approximate surface area is 109 Å². The molecule has 1 aromatic rings. The summed E-state index contributed by atoms with van der Waals surface area (Å²) in [5.74, 6) is 1.06. The Kier molecular flexibility index (Phi) is 4.93. The summed E-state index contributed by atoms with van der Waals surface area (Å²) in [6, 6.07) is 2.67. The number of anilines is 1. The lowest BCUT2D eigenvalue weighted by atomic mass is 10.1. The molecule has 4 heteroatoms. The highest BCUT2D eigenvalue weighted by Crippen LogP contribution is 2.26. The van der Waals surface area contributed by atoms with Crippen LogP contribution < -0.4 is 4.90 Å². The fourth-order valence-corrected chi connectivity index (χ4v) is 2.70. The average Bonchev–Trinajstić information content (AvgIpc) is 2.85. The van der Waals surface area contributed by atoms with E-state index < -0.39 is 0 Å². The standard InChI is InChI=1S/C14H23N3O/c1-2-5-12-10-14(16-11-15-12)17-8-3-6-13(17)7-4-9-18/h10-11,13,18H,2-9H2,1H3. The summed E-state index contributed by atoms with van der Waals surface area (Å²) in [6.45, 7) is 3.54. The van der Waals surface area contributed by atoms with E-state index in [0.29, 0.717) is 6.04 Å². The zero-order chi connectivity index (χ0) is 12.8. The van der Waals surface area contributed by atoms with Crippen molar-refractivity contribution >= 4 is 5.82 Å². The van der Waals surface area contributed by atoms with Gasteiger partial charge >= 0.3 is 0 Å². The first kappa shape index (κ1) is 13.3. The third-order valence-corrected chi connectivity index (χ3v) is 3.58. The Balaban J connectivity index is 2.06. The van der Waals surface area contributed by atoms with Crippen molar-refractivity contribution in [3.63, 3.8) is 0 Å². The summed E-state index contributed by atoms with van der Waals surface area (Å²) in [5.41, 5.74) is 1.13. The van der Waals surface area contributed by atoms with E-state index in [1.165, 1.54) is 12.8 Å². The van der Waals surface area contributed by atoms with Crippen LogP contribution in [-0.2, 0) is 6.42 Å². The van der Waals surface area contributed by atoms with Gasteiger partial charge in [0.25, 0.3) is 0 Å². The summed E-state index contributed by atoms with van der Waals surface area (Å²) in [7, 11) is 0. The van der Waals surface area contributed by atoms with Gasteiger partial charge in [-0.3, -0.25) is 0 Å². The minimum atomic E-state index is 0.287. The zero-order valence-corrected chi connectivity index (χ0v) is 11.2. The largest absolute Gasteiger partial charge is 0.396 e. The van der Waals surface area contributed by atoms with E-state index in [2.05, 4.69) is 27.9 Å². The monoisotopic (exact) mass is 249 g/mol. The second-order valence-electron chi connectivity index (χ2n) is 4.97. The van der Waals surface area contributed by atoms with Crippen LogP contribution in [0.15, 0.2) is 12.4 Å². The van der Waals surface area contributed by atoms with Crippen LogP contribution in [0.5, 0.6) is 0 Å². The molecule has 0 radical (unpaired) electrons. The van der Waals surface area contributed by atoms with Crippen molar-refractivity contribution in [2.45, 2.75) is 51.5 Å². The van der Waals surface area contributed by atoms with Crippen LogP contribution in [0.3, 0.4) is 0 Å². The number of aromatic nitrogens is 2. The number of hydrogen-bond acceptors (Lipinski definition) is 4. The molecule has 0 amide bonds. The van der Waals surface area contributed by atoms with E-state index >= 15 is 0 Å². The minimum Gasteiger partial charge on any atom is -0.396 e. The van der Waals surface area contributed by atoms with Gasteiger partial charge in [0.05, 0.1) is 0 Å². The molecule has 18 heavy (non-hydrogen) atoms. The summed E-state index contributed by atoms with van der Waals surface area (Å²) in [4.78, 5) is 11.1. The van der Waals surface area contributed by atoms with Crippen molar-refractivity contribution in [1.82, 2.24) is 9.97 Å². The maximum Gasteiger partial charge on any atom is 0.132 e. The van der Waals surface area contributed by atoms with Crippen LogP contribution in [0, 0.1) is 0 Å². The van der Waals surface area contributed by atoms with E-state index in [1.54, 1.807) is 6.33 Å². The van der Waals surface area contributed by atoms with Gasteiger partial charge in [0.15, 0.2) is 0 Å². The third kappa shape index (κ3) is 3.19. The number of rotatable bonds is 6. The molecule has 100 valence electrons. The molecular weight excluding hydrogens is 226 g/mol. The van der Waals surface area contributed by atoms with Gasteiger partial charge in [0.2, 0.25) is 0 Å². The quantitative estimate of drug-likeness (QED) is 0.839. The van der Waals surface area contributed by atoms with Gasteiger partial charge in [-0.25, -0.2) is 9.97 Å². The Morgan fingerprint density at radius 3 is 3.11 bits per heavy atom. The highest BCUT2D eigenvalue weighted by atomic mass is 16.2. The van der Waals surface area contributed by atoms with Gasteiger partial charge in [-0.15, -0.1) is 0 Å². The Morgan fingerprint density at radius 1 is 1.44 bits per heavy atom. The molecule has 1 aliphatic rings. The minimum absolute atomic E-state index is 0.287. The first-order valence-electron chi connectivity index (χ1n) is 7.03. The molecule has 1 fully saturated rings. The molecule has 0 spiro atoms. The molecule has 0 bridgehead atoms. The van der Waals surface area contributed by atoms with Crippen LogP contribution in [0.2, 0.25) is 0 Å². The van der Waals surface area contributed by atoms with Crippen LogP contribution in [0.1, 0.15) is 44.7 Å².